The first-order chi connectivity index (χ1) is 8.56. The van der Waals surface area contributed by atoms with Crippen LogP contribution in [-0.4, -0.2) is 17.6 Å². The maximum Gasteiger partial charge on any atom is 0.372 e. The molecule has 1 saturated carbocycles. The molecular weight excluding hydrogens is 230 g/mol. The predicted octanol–water partition coefficient (Wildman–Crippen LogP) is 2.96. The van der Waals surface area contributed by atoms with Gasteiger partial charge in [-0.3, -0.25) is 0 Å². The predicted molar refractivity (Wildman–Crippen MR) is 68.7 cm³/mol. The van der Waals surface area contributed by atoms with Crippen molar-refractivity contribution in [3.05, 3.63) is 23.2 Å². The van der Waals surface area contributed by atoms with Crippen molar-refractivity contribution in [2.75, 3.05) is 6.54 Å². The van der Waals surface area contributed by atoms with E-state index in [9.17, 15) is 4.79 Å². The first-order valence-electron chi connectivity index (χ1n) is 6.60. The minimum Gasteiger partial charge on any atom is -0.475 e. The highest BCUT2D eigenvalue weighted by Crippen LogP contribution is 2.43. The second-order valence-electron chi connectivity index (χ2n) is 5.34. The number of furan rings is 1. The molecule has 0 saturated heterocycles. The third-order valence-corrected chi connectivity index (χ3v) is 4.13. The average Bonchev–Trinajstić information content (AvgIpc) is 2.64. The summed E-state index contributed by atoms with van der Waals surface area (Å²) in [6.07, 6.45) is 5.14. The van der Waals surface area contributed by atoms with Crippen molar-refractivity contribution >= 4 is 5.97 Å². The molecule has 0 atom stereocenters. The van der Waals surface area contributed by atoms with Gasteiger partial charge < -0.3 is 14.8 Å². The maximum absolute atomic E-state index is 10.9. The van der Waals surface area contributed by atoms with E-state index in [1.54, 1.807) is 13.0 Å². The van der Waals surface area contributed by atoms with Crippen LogP contribution >= 0.6 is 0 Å². The van der Waals surface area contributed by atoms with Gasteiger partial charge >= 0.3 is 5.97 Å². The molecule has 0 amide bonds. The van der Waals surface area contributed by atoms with Crippen LogP contribution in [0, 0.1) is 12.3 Å². The smallest absolute Gasteiger partial charge is 0.372 e. The van der Waals surface area contributed by atoms with Crippen LogP contribution in [0.15, 0.2) is 10.5 Å². The van der Waals surface area contributed by atoms with E-state index >= 15 is 0 Å². The number of nitrogens with one attached hydrogen (secondary N) is 1. The summed E-state index contributed by atoms with van der Waals surface area (Å²) in [7, 11) is 0. The van der Waals surface area contributed by atoms with Gasteiger partial charge in [-0.05, 0) is 37.7 Å². The summed E-state index contributed by atoms with van der Waals surface area (Å²) >= 11 is 0. The summed E-state index contributed by atoms with van der Waals surface area (Å²) < 4.78 is 5.31. The first-order valence-corrected chi connectivity index (χ1v) is 6.60. The number of aryl methyl sites for hydroxylation is 1. The molecular formula is C14H21NO3. The van der Waals surface area contributed by atoms with Gasteiger partial charge in [0.2, 0.25) is 5.76 Å². The van der Waals surface area contributed by atoms with Gasteiger partial charge in [0.1, 0.15) is 5.76 Å². The van der Waals surface area contributed by atoms with Crippen molar-refractivity contribution in [2.24, 2.45) is 5.41 Å². The summed E-state index contributed by atoms with van der Waals surface area (Å²) in [5.41, 5.74) is 1.16. The fourth-order valence-corrected chi connectivity index (χ4v) is 2.63. The van der Waals surface area contributed by atoms with Crippen molar-refractivity contribution in [3.8, 4) is 0 Å². The molecule has 0 aliphatic heterocycles. The van der Waals surface area contributed by atoms with Crippen LogP contribution in [0.25, 0.3) is 0 Å². The monoisotopic (exact) mass is 251 g/mol. The molecule has 1 fully saturated rings. The number of rotatable bonds is 6. The second kappa shape index (κ2) is 5.14. The number of aromatic carboxylic acids is 1. The normalized spacial score (nSPS) is 17.4. The molecule has 0 aromatic carbocycles. The zero-order valence-electron chi connectivity index (χ0n) is 11.1. The van der Waals surface area contributed by atoms with E-state index < -0.39 is 5.97 Å². The van der Waals surface area contributed by atoms with Gasteiger partial charge in [0, 0.05) is 12.1 Å². The number of carbonyl (C=O) groups is 1. The molecule has 0 unspecified atom stereocenters. The fraction of sp³-hybridized carbons (Fsp3) is 0.643. The van der Waals surface area contributed by atoms with Gasteiger partial charge in [0.25, 0.3) is 0 Å². The lowest BCUT2D eigenvalue weighted by Gasteiger charge is -2.41. The van der Waals surface area contributed by atoms with Gasteiger partial charge in [-0.25, -0.2) is 4.79 Å². The van der Waals surface area contributed by atoms with Gasteiger partial charge in [0.15, 0.2) is 0 Å². The van der Waals surface area contributed by atoms with Crippen molar-refractivity contribution in [1.29, 1.82) is 0 Å². The first kappa shape index (κ1) is 13.1. The van der Waals surface area contributed by atoms with Crippen LogP contribution in [0.4, 0.5) is 0 Å². The summed E-state index contributed by atoms with van der Waals surface area (Å²) in [5.74, 6) is -0.237. The van der Waals surface area contributed by atoms with Crippen LogP contribution in [0.1, 0.15) is 54.5 Å². The number of carboxylic acid groups (broad SMARTS) is 1. The Kier molecular flexibility index (Phi) is 3.76. The summed E-state index contributed by atoms with van der Waals surface area (Å²) in [6.45, 7) is 5.60. The van der Waals surface area contributed by atoms with E-state index in [0.717, 1.165) is 6.54 Å². The standard InChI is InChI=1S/C14H21NO3/c1-3-14(5-4-6-14)9-15-8-11-7-10(2)12(18-11)13(16)17/h7,15H,3-6,8-9H2,1-2H3,(H,16,17). The number of hydrogen-bond donors (Lipinski definition) is 2. The van der Waals surface area contributed by atoms with E-state index in [4.69, 9.17) is 9.52 Å². The molecule has 4 nitrogen and oxygen atoms in total. The average molecular weight is 251 g/mol. The Balaban J connectivity index is 1.87. The Hall–Kier alpha value is -1.29. The molecule has 4 heteroatoms. The Labute approximate surface area is 107 Å². The molecule has 1 aliphatic carbocycles. The van der Waals surface area contributed by atoms with E-state index in [0.29, 0.717) is 23.3 Å². The van der Waals surface area contributed by atoms with E-state index in [2.05, 4.69) is 12.2 Å². The molecule has 100 valence electrons. The number of carboxylic acids is 1. The van der Waals surface area contributed by atoms with Crippen LogP contribution in [0.5, 0.6) is 0 Å². The lowest BCUT2D eigenvalue weighted by atomic mass is 9.67. The SMILES string of the molecule is CCC1(CNCc2cc(C)c(C(=O)O)o2)CCC1. The fourth-order valence-electron chi connectivity index (χ4n) is 2.63. The molecule has 1 aliphatic rings. The molecule has 0 radical (unpaired) electrons. The van der Waals surface area contributed by atoms with Crippen molar-refractivity contribution in [3.63, 3.8) is 0 Å². The van der Waals surface area contributed by atoms with Gasteiger partial charge in [-0.15, -0.1) is 0 Å². The molecule has 1 aromatic heterocycles. The largest absolute Gasteiger partial charge is 0.475 e. The van der Waals surface area contributed by atoms with Crippen LogP contribution in [0.2, 0.25) is 0 Å². The third-order valence-electron chi connectivity index (χ3n) is 4.13. The van der Waals surface area contributed by atoms with Crippen molar-refractivity contribution in [2.45, 2.75) is 46.1 Å². The highest BCUT2D eigenvalue weighted by Gasteiger charge is 2.34. The van der Waals surface area contributed by atoms with E-state index in [-0.39, 0.29) is 5.76 Å². The molecule has 1 aromatic rings. The quantitative estimate of drug-likeness (QED) is 0.816. The van der Waals surface area contributed by atoms with Crippen LogP contribution in [-0.2, 0) is 6.54 Å². The van der Waals surface area contributed by atoms with Gasteiger partial charge in [0.05, 0.1) is 6.54 Å². The molecule has 0 spiro atoms. The Morgan fingerprint density at radius 2 is 2.28 bits per heavy atom. The van der Waals surface area contributed by atoms with Crippen molar-refractivity contribution in [1.82, 2.24) is 5.32 Å². The number of hydrogen-bond acceptors (Lipinski definition) is 3. The summed E-state index contributed by atoms with van der Waals surface area (Å²) in [6, 6.07) is 1.80. The van der Waals surface area contributed by atoms with E-state index in [1.165, 1.54) is 25.7 Å². The molecule has 0 bridgehead atoms. The summed E-state index contributed by atoms with van der Waals surface area (Å²) in [5, 5.41) is 12.3. The van der Waals surface area contributed by atoms with Gasteiger partial charge in [-0.1, -0.05) is 13.3 Å². The van der Waals surface area contributed by atoms with E-state index in [1.807, 2.05) is 0 Å². The third kappa shape index (κ3) is 2.58. The second-order valence-corrected chi connectivity index (χ2v) is 5.34. The Bertz CT molecular complexity index is 427. The molecule has 1 heterocycles. The van der Waals surface area contributed by atoms with Crippen LogP contribution in [0.3, 0.4) is 0 Å². The minimum atomic E-state index is -0.997. The zero-order chi connectivity index (χ0) is 13.2. The highest BCUT2D eigenvalue weighted by atomic mass is 16.4. The Morgan fingerprint density at radius 3 is 2.72 bits per heavy atom. The highest BCUT2D eigenvalue weighted by molar-refractivity contribution is 5.86. The molecule has 2 N–H and O–H groups in total. The van der Waals surface area contributed by atoms with Crippen molar-refractivity contribution < 1.29 is 14.3 Å². The van der Waals surface area contributed by atoms with Gasteiger partial charge in [-0.2, -0.15) is 0 Å². The summed E-state index contributed by atoms with van der Waals surface area (Å²) in [4.78, 5) is 10.9. The van der Waals surface area contributed by atoms with Crippen LogP contribution < -0.4 is 5.32 Å². The molecule has 18 heavy (non-hydrogen) atoms. The lowest BCUT2D eigenvalue weighted by Crippen LogP contribution is -2.39. The minimum absolute atomic E-state index is 0.0562. The lowest BCUT2D eigenvalue weighted by molar-refractivity contribution is 0.0658. The maximum atomic E-state index is 10.9. The zero-order valence-corrected chi connectivity index (χ0v) is 11.1. The topological polar surface area (TPSA) is 62.5 Å². The molecule has 2 rings (SSSR count). The Morgan fingerprint density at radius 1 is 1.56 bits per heavy atom.